The number of carboxylic acids is 1. The van der Waals surface area contributed by atoms with Gasteiger partial charge in [0.2, 0.25) is 0 Å². The molecule has 2 rings (SSSR count). The van der Waals surface area contributed by atoms with E-state index in [1.54, 1.807) is 4.90 Å². The van der Waals surface area contributed by atoms with Crippen molar-refractivity contribution in [1.82, 2.24) is 9.80 Å². The summed E-state index contributed by atoms with van der Waals surface area (Å²) >= 11 is 0. The van der Waals surface area contributed by atoms with E-state index in [0.29, 0.717) is 38.4 Å². The number of fused-ring (bicyclic) bond motifs is 1. The molecule has 0 aromatic rings. The molecule has 0 spiro atoms. The number of amides is 1. The summed E-state index contributed by atoms with van der Waals surface area (Å²) in [6.07, 6.45) is 0.0589. The molecule has 1 saturated heterocycles. The van der Waals surface area contributed by atoms with E-state index in [4.69, 9.17) is 4.74 Å². The summed E-state index contributed by atoms with van der Waals surface area (Å²) in [5, 5.41) is 9.40. The van der Waals surface area contributed by atoms with Crippen LogP contribution < -0.4 is 0 Å². The quantitative estimate of drug-likeness (QED) is 0.827. The zero-order valence-corrected chi connectivity index (χ0v) is 13.0. The number of rotatable bonds is 2. The van der Waals surface area contributed by atoms with Gasteiger partial charge >= 0.3 is 12.1 Å². The molecule has 1 fully saturated rings. The molecule has 2 aliphatic rings. The molecule has 1 unspecified atom stereocenters. The van der Waals surface area contributed by atoms with Gasteiger partial charge in [-0.3, -0.25) is 9.89 Å². The van der Waals surface area contributed by atoms with Crippen LogP contribution in [-0.2, 0) is 9.53 Å². The van der Waals surface area contributed by atoms with Gasteiger partial charge in [-0.05, 0) is 27.2 Å². The van der Waals surface area contributed by atoms with E-state index < -0.39 is 17.1 Å². The monoisotopic (exact) mass is 297 g/mol. The molecule has 0 aromatic heterocycles. The summed E-state index contributed by atoms with van der Waals surface area (Å²) in [5.41, 5.74) is -1.61. The molecule has 21 heavy (non-hydrogen) atoms. The first-order valence-electron chi connectivity index (χ1n) is 7.22. The van der Waals surface area contributed by atoms with Crippen LogP contribution in [0.5, 0.6) is 0 Å². The molecule has 0 saturated carbocycles. The van der Waals surface area contributed by atoms with Crippen LogP contribution in [0, 0.1) is 0 Å². The van der Waals surface area contributed by atoms with Gasteiger partial charge in [0.05, 0.1) is 13.1 Å². The van der Waals surface area contributed by atoms with E-state index in [1.807, 2.05) is 32.6 Å². The van der Waals surface area contributed by atoms with Crippen LogP contribution in [0.25, 0.3) is 0 Å². The molecule has 1 N–H and O–H groups in total. The number of ether oxygens (including phenoxy) is 1. The molecule has 0 aromatic carbocycles. The zero-order chi connectivity index (χ0) is 15.8. The SMILES string of the molecule is CCC1(C(=O)O)CN2CCN(C(=O)OC(C)(C)C)CC2=N1. The summed E-state index contributed by atoms with van der Waals surface area (Å²) < 4.78 is 5.35. The summed E-state index contributed by atoms with van der Waals surface area (Å²) in [5.74, 6) is -0.243. The summed E-state index contributed by atoms with van der Waals surface area (Å²) in [4.78, 5) is 31.5. The minimum Gasteiger partial charge on any atom is -0.479 e. The van der Waals surface area contributed by atoms with E-state index >= 15 is 0 Å². The van der Waals surface area contributed by atoms with E-state index in [-0.39, 0.29) is 6.09 Å². The number of carboxylic acid groups (broad SMARTS) is 1. The maximum absolute atomic E-state index is 12.1. The van der Waals surface area contributed by atoms with Gasteiger partial charge in [-0.25, -0.2) is 9.59 Å². The molecule has 7 nitrogen and oxygen atoms in total. The van der Waals surface area contributed by atoms with Gasteiger partial charge in [0, 0.05) is 13.1 Å². The molecule has 0 radical (unpaired) electrons. The van der Waals surface area contributed by atoms with Crippen LogP contribution in [0.4, 0.5) is 4.79 Å². The number of hydrogen-bond donors (Lipinski definition) is 1. The molecule has 2 heterocycles. The van der Waals surface area contributed by atoms with E-state index in [2.05, 4.69) is 4.99 Å². The van der Waals surface area contributed by atoms with Crippen molar-refractivity contribution in [3.05, 3.63) is 0 Å². The fraction of sp³-hybridized carbons (Fsp3) is 0.786. The third-order valence-corrected chi connectivity index (χ3v) is 3.77. The first-order valence-corrected chi connectivity index (χ1v) is 7.22. The highest BCUT2D eigenvalue weighted by Gasteiger charge is 2.46. The Morgan fingerprint density at radius 3 is 2.57 bits per heavy atom. The van der Waals surface area contributed by atoms with Crippen molar-refractivity contribution < 1.29 is 19.4 Å². The smallest absolute Gasteiger partial charge is 0.410 e. The Morgan fingerprint density at radius 1 is 1.38 bits per heavy atom. The molecule has 2 aliphatic heterocycles. The summed E-state index contributed by atoms with van der Waals surface area (Å²) in [7, 11) is 0. The van der Waals surface area contributed by atoms with Gasteiger partial charge in [-0.1, -0.05) is 6.92 Å². The molecule has 0 bridgehead atoms. The Balaban J connectivity index is 2.10. The van der Waals surface area contributed by atoms with Gasteiger partial charge in [0.15, 0.2) is 5.54 Å². The first-order chi connectivity index (χ1) is 9.67. The number of piperazine rings is 1. The van der Waals surface area contributed by atoms with Crippen molar-refractivity contribution in [2.45, 2.75) is 45.3 Å². The van der Waals surface area contributed by atoms with Crippen LogP contribution in [-0.4, -0.2) is 70.1 Å². The van der Waals surface area contributed by atoms with Crippen LogP contribution >= 0.6 is 0 Å². The molecule has 1 atom stereocenters. The van der Waals surface area contributed by atoms with Gasteiger partial charge < -0.3 is 14.7 Å². The molecular formula is C14H23N3O4. The molecule has 7 heteroatoms. The van der Waals surface area contributed by atoms with Crippen LogP contribution in [0.15, 0.2) is 4.99 Å². The van der Waals surface area contributed by atoms with Crippen LogP contribution in [0.3, 0.4) is 0 Å². The lowest BCUT2D eigenvalue weighted by molar-refractivity contribution is -0.143. The minimum absolute atomic E-state index is 0.309. The van der Waals surface area contributed by atoms with Crippen molar-refractivity contribution in [2.24, 2.45) is 4.99 Å². The Hall–Kier alpha value is -1.79. The number of amidine groups is 1. The van der Waals surface area contributed by atoms with Gasteiger partial charge in [-0.2, -0.15) is 0 Å². The highest BCUT2D eigenvalue weighted by atomic mass is 16.6. The number of aliphatic carboxylic acids is 1. The summed E-state index contributed by atoms with van der Waals surface area (Å²) in [6, 6.07) is 0. The molecular weight excluding hydrogens is 274 g/mol. The lowest BCUT2D eigenvalue weighted by Crippen LogP contribution is -2.52. The standard InChI is InChI=1S/C14H23N3O4/c1-5-14(11(18)19)9-17-7-6-16(8-10(17)15-14)12(20)21-13(2,3)4/h5-9H2,1-4H3,(H,18,19). The average Bonchev–Trinajstić information content (AvgIpc) is 2.75. The number of hydrogen-bond acceptors (Lipinski definition) is 5. The normalized spacial score (nSPS) is 25.4. The lowest BCUT2D eigenvalue weighted by atomic mass is 9.98. The molecule has 0 aliphatic carbocycles. The topological polar surface area (TPSA) is 82.4 Å². The van der Waals surface area contributed by atoms with Crippen molar-refractivity contribution in [3.63, 3.8) is 0 Å². The van der Waals surface area contributed by atoms with Crippen LogP contribution in [0.1, 0.15) is 34.1 Å². The van der Waals surface area contributed by atoms with E-state index in [9.17, 15) is 14.7 Å². The number of carbonyl (C=O) groups is 2. The third kappa shape index (κ3) is 3.11. The second-order valence-electron chi connectivity index (χ2n) is 6.54. The Kier molecular flexibility index (Phi) is 3.86. The van der Waals surface area contributed by atoms with Crippen LogP contribution in [0.2, 0.25) is 0 Å². The fourth-order valence-corrected chi connectivity index (χ4v) is 2.53. The minimum atomic E-state index is -1.07. The fourth-order valence-electron chi connectivity index (χ4n) is 2.53. The number of aliphatic imine (C=N–C) groups is 1. The first kappa shape index (κ1) is 15.6. The lowest BCUT2D eigenvalue weighted by Gasteiger charge is -2.35. The predicted octanol–water partition coefficient (Wildman–Crippen LogP) is 1.18. The maximum Gasteiger partial charge on any atom is 0.410 e. The highest BCUT2D eigenvalue weighted by molar-refractivity contribution is 5.95. The largest absolute Gasteiger partial charge is 0.479 e. The Labute approximate surface area is 124 Å². The highest BCUT2D eigenvalue weighted by Crippen LogP contribution is 2.27. The number of nitrogens with zero attached hydrogens (tertiary/aromatic N) is 3. The molecule has 1 amide bonds. The third-order valence-electron chi connectivity index (χ3n) is 3.77. The van der Waals surface area contributed by atoms with Crippen molar-refractivity contribution in [1.29, 1.82) is 0 Å². The van der Waals surface area contributed by atoms with Crippen molar-refractivity contribution in [2.75, 3.05) is 26.2 Å². The van der Waals surface area contributed by atoms with Gasteiger partial charge in [-0.15, -0.1) is 0 Å². The Bertz CT molecular complexity index is 483. The van der Waals surface area contributed by atoms with Crippen molar-refractivity contribution >= 4 is 17.9 Å². The van der Waals surface area contributed by atoms with Gasteiger partial charge in [0.25, 0.3) is 0 Å². The predicted molar refractivity (Wildman–Crippen MR) is 77.5 cm³/mol. The average molecular weight is 297 g/mol. The summed E-state index contributed by atoms with van der Waals surface area (Å²) in [6.45, 7) is 9.09. The maximum atomic E-state index is 12.1. The Morgan fingerprint density at radius 2 is 2.05 bits per heavy atom. The zero-order valence-electron chi connectivity index (χ0n) is 13.0. The van der Waals surface area contributed by atoms with E-state index in [1.165, 1.54) is 0 Å². The second kappa shape index (κ2) is 5.20. The molecule has 118 valence electrons. The second-order valence-corrected chi connectivity index (χ2v) is 6.54. The van der Waals surface area contributed by atoms with Crippen molar-refractivity contribution in [3.8, 4) is 0 Å². The van der Waals surface area contributed by atoms with Gasteiger partial charge in [0.1, 0.15) is 11.4 Å². The van der Waals surface area contributed by atoms with E-state index in [0.717, 1.165) is 0 Å². The number of carbonyl (C=O) groups excluding carboxylic acids is 1.